The van der Waals surface area contributed by atoms with Gasteiger partial charge in [-0.25, -0.2) is 0 Å². The van der Waals surface area contributed by atoms with Crippen LogP contribution in [0, 0.1) is 0 Å². The van der Waals surface area contributed by atoms with Gasteiger partial charge in [-0.2, -0.15) is 0 Å². The highest BCUT2D eigenvalue weighted by atomic mass is 35.5. The highest BCUT2D eigenvalue weighted by molar-refractivity contribution is 7.09. The maximum absolute atomic E-state index is 12.3. The van der Waals surface area contributed by atoms with Gasteiger partial charge in [-0.1, -0.05) is 18.2 Å². The molecule has 0 bridgehead atoms. The summed E-state index contributed by atoms with van der Waals surface area (Å²) in [6, 6.07) is 11.8. The van der Waals surface area contributed by atoms with E-state index in [0.29, 0.717) is 6.42 Å². The van der Waals surface area contributed by atoms with Gasteiger partial charge in [0.05, 0.1) is 6.42 Å². The van der Waals surface area contributed by atoms with Crippen molar-refractivity contribution in [3.8, 4) is 0 Å². The lowest BCUT2D eigenvalue weighted by atomic mass is 10.1. The maximum atomic E-state index is 12.3. The van der Waals surface area contributed by atoms with Crippen molar-refractivity contribution >= 4 is 35.3 Å². The molecule has 2 rings (SSSR count). The van der Waals surface area contributed by atoms with E-state index < -0.39 is 0 Å². The Hall–Kier alpha value is -1.52. The summed E-state index contributed by atoms with van der Waals surface area (Å²) >= 11 is 1.73. The van der Waals surface area contributed by atoms with Crippen LogP contribution in [0.25, 0.3) is 0 Å². The number of nitrogens with two attached hydrogens (primary N) is 1. The molecule has 0 radical (unpaired) electrons. The molecular weight excluding hydrogens is 304 g/mol. The molecule has 0 fully saturated rings. The Morgan fingerprint density at radius 3 is 2.52 bits per heavy atom. The monoisotopic (exact) mass is 324 g/mol. The van der Waals surface area contributed by atoms with E-state index in [4.69, 9.17) is 5.73 Å². The van der Waals surface area contributed by atoms with Crippen LogP contribution in [0.3, 0.4) is 0 Å². The Bertz CT molecular complexity index is 554. The summed E-state index contributed by atoms with van der Waals surface area (Å²) in [6.07, 6.45) is 1.33. The molecule has 1 atom stereocenters. The number of nitrogen functional groups attached to an aromatic ring is 1. The Kier molecular flexibility index (Phi) is 6.72. The average molecular weight is 325 g/mol. The van der Waals surface area contributed by atoms with E-state index >= 15 is 0 Å². The van der Waals surface area contributed by atoms with Crippen LogP contribution in [0.5, 0.6) is 0 Å². The summed E-state index contributed by atoms with van der Waals surface area (Å²) < 4.78 is 0. The molecule has 0 saturated heterocycles. The van der Waals surface area contributed by atoms with Gasteiger partial charge in [-0.3, -0.25) is 4.79 Å². The Morgan fingerprint density at radius 2 is 1.95 bits per heavy atom. The smallest absolute Gasteiger partial charge is 0.226 e. The zero-order valence-corrected chi connectivity index (χ0v) is 13.9. The number of likely N-dealkylation sites (N-methyl/N-ethyl adjacent to an activating group) is 1. The van der Waals surface area contributed by atoms with Crippen LogP contribution < -0.4 is 5.73 Å². The van der Waals surface area contributed by atoms with Crippen LogP contribution in [-0.2, 0) is 17.6 Å². The molecule has 1 amide bonds. The molecule has 2 N–H and O–H groups in total. The van der Waals surface area contributed by atoms with Gasteiger partial charge in [0.1, 0.15) is 0 Å². The normalized spacial score (nSPS) is 11.5. The van der Waals surface area contributed by atoms with Crippen LogP contribution in [0.1, 0.15) is 17.4 Å². The second-order valence-electron chi connectivity index (χ2n) is 5.06. The van der Waals surface area contributed by atoms with Crippen molar-refractivity contribution in [2.24, 2.45) is 0 Å². The van der Waals surface area contributed by atoms with Gasteiger partial charge >= 0.3 is 0 Å². The van der Waals surface area contributed by atoms with E-state index in [2.05, 4.69) is 18.4 Å². The minimum atomic E-state index is 0. The molecule has 5 heteroatoms. The van der Waals surface area contributed by atoms with Gasteiger partial charge in [-0.15, -0.1) is 23.7 Å². The summed E-state index contributed by atoms with van der Waals surface area (Å²) in [6.45, 7) is 2.08. The molecule has 2 aromatic rings. The summed E-state index contributed by atoms with van der Waals surface area (Å²) in [5.41, 5.74) is 7.37. The number of carbonyl (C=O) groups is 1. The molecule has 1 heterocycles. The third-order valence-electron chi connectivity index (χ3n) is 3.47. The van der Waals surface area contributed by atoms with Gasteiger partial charge in [-0.05, 0) is 36.1 Å². The zero-order chi connectivity index (χ0) is 14.5. The van der Waals surface area contributed by atoms with Gasteiger partial charge in [0, 0.05) is 30.1 Å². The van der Waals surface area contributed by atoms with E-state index in [1.54, 1.807) is 11.3 Å². The first kappa shape index (κ1) is 17.5. The number of hydrogen-bond donors (Lipinski definition) is 1. The number of rotatable bonds is 5. The van der Waals surface area contributed by atoms with Gasteiger partial charge in [0.15, 0.2) is 0 Å². The Balaban J connectivity index is 0.00000220. The minimum Gasteiger partial charge on any atom is -0.399 e. The fourth-order valence-electron chi connectivity index (χ4n) is 2.04. The van der Waals surface area contributed by atoms with E-state index in [9.17, 15) is 4.79 Å². The number of halogens is 1. The maximum Gasteiger partial charge on any atom is 0.226 e. The average Bonchev–Trinajstić information content (AvgIpc) is 2.93. The summed E-state index contributed by atoms with van der Waals surface area (Å²) in [7, 11) is 1.87. The highest BCUT2D eigenvalue weighted by Gasteiger charge is 2.16. The number of nitrogens with zero attached hydrogens (tertiary/aromatic N) is 1. The fraction of sp³-hybridized carbons (Fsp3) is 0.312. The molecule has 1 unspecified atom stereocenters. The zero-order valence-electron chi connectivity index (χ0n) is 12.3. The van der Waals surface area contributed by atoms with Crippen LogP contribution in [0.2, 0.25) is 0 Å². The largest absolute Gasteiger partial charge is 0.399 e. The van der Waals surface area contributed by atoms with Crippen molar-refractivity contribution in [1.29, 1.82) is 0 Å². The Morgan fingerprint density at radius 1 is 1.29 bits per heavy atom. The first-order chi connectivity index (χ1) is 9.56. The van der Waals surface area contributed by atoms with Crippen molar-refractivity contribution in [3.05, 3.63) is 52.2 Å². The molecule has 3 nitrogen and oxygen atoms in total. The molecule has 1 aromatic carbocycles. The lowest BCUT2D eigenvalue weighted by molar-refractivity contribution is -0.130. The number of hydrogen-bond acceptors (Lipinski definition) is 3. The molecule has 114 valence electrons. The standard InChI is InChI=1S/C16H20N2OS.ClH/c1-12(10-15-4-3-9-20-15)18(2)16(19)11-13-5-7-14(17)8-6-13;/h3-9,12H,10-11,17H2,1-2H3;1H. The third kappa shape index (κ3) is 5.06. The quantitative estimate of drug-likeness (QED) is 0.857. The molecular formula is C16H21ClN2OS. The van der Waals surface area contributed by atoms with Gasteiger partial charge < -0.3 is 10.6 Å². The van der Waals surface area contributed by atoms with Crippen molar-refractivity contribution in [3.63, 3.8) is 0 Å². The van der Waals surface area contributed by atoms with E-state index in [0.717, 1.165) is 17.7 Å². The number of thiophene rings is 1. The van der Waals surface area contributed by atoms with Gasteiger partial charge in [0.25, 0.3) is 0 Å². The lowest BCUT2D eigenvalue weighted by Crippen LogP contribution is -2.37. The van der Waals surface area contributed by atoms with Crippen molar-refractivity contribution < 1.29 is 4.79 Å². The van der Waals surface area contributed by atoms with Crippen LogP contribution >= 0.6 is 23.7 Å². The van der Waals surface area contributed by atoms with Crippen molar-refractivity contribution in [2.45, 2.75) is 25.8 Å². The third-order valence-corrected chi connectivity index (χ3v) is 4.37. The minimum absolute atomic E-state index is 0. The summed E-state index contributed by atoms with van der Waals surface area (Å²) in [5.74, 6) is 0.138. The van der Waals surface area contributed by atoms with Crippen LogP contribution in [0.4, 0.5) is 5.69 Å². The van der Waals surface area contributed by atoms with E-state index in [1.165, 1.54) is 4.88 Å². The predicted molar refractivity (Wildman–Crippen MR) is 92.1 cm³/mol. The molecule has 0 aliphatic carbocycles. The summed E-state index contributed by atoms with van der Waals surface area (Å²) in [5, 5.41) is 2.07. The lowest BCUT2D eigenvalue weighted by Gasteiger charge is -2.24. The predicted octanol–water partition coefficient (Wildman–Crippen LogP) is 3.38. The molecule has 0 aliphatic heterocycles. The number of anilines is 1. The molecule has 0 aliphatic rings. The molecule has 0 saturated carbocycles. The second kappa shape index (κ2) is 8.05. The topological polar surface area (TPSA) is 46.3 Å². The van der Waals surface area contributed by atoms with E-state index in [1.807, 2.05) is 42.3 Å². The first-order valence-electron chi connectivity index (χ1n) is 6.68. The second-order valence-corrected chi connectivity index (χ2v) is 6.09. The van der Waals surface area contributed by atoms with Crippen LogP contribution in [0.15, 0.2) is 41.8 Å². The van der Waals surface area contributed by atoms with Crippen molar-refractivity contribution in [2.75, 3.05) is 12.8 Å². The SMILES string of the molecule is CC(Cc1cccs1)N(C)C(=O)Cc1ccc(N)cc1.Cl. The van der Waals surface area contributed by atoms with E-state index in [-0.39, 0.29) is 24.4 Å². The van der Waals surface area contributed by atoms with Gasteiger partial charge in [0.2, 0.25) is 5.91 Å². The molecule has 21 heavy (non-hydrogen) atoms. The molecule has 0 spiro atoms. The molecule has 1 aromatic heterocycles. The van der Waals surface area contributed by atoms with Crippen molar-refractivity contribution in [1.82, 2.24) is 4.90 Å². The van der Waals surface area contributed by atoms with Crippen LogP contribution in [-0.4, -0.2) is 23.9 Å². The number of carbonyl (C=O) groups excluding carboxylic acids is 1. The number of amides is 1. The fourth-order valence-corrected chi connectivity index (χ4v) is 2.86. The number of benzene rings is 1. The summed E-state index contributed by atoms with van der Waals surface area (Å²) in [4.78, 5) is 15.4. The first-order valence-corrected chi connectivity index (χ1v) is 7.56. The Labute approximate surface area is 136 Å². The highest BCUT2D eigenvalue weighted by Crippen LogP contribution is 2.14.